The monoisotopic (exact) mass is 537 g/mol. The molecule has 1 unspecified atom stereocenters. The van der Waals surface area contributed by atoms with Crippen LogP contribution in [0, 0.1) is 12.8 Å². The lowest BCUT2D eigenvalue weighted by Gasteiger charge is -2.22. The third-order valence-corrected chi connectivity index (χ3v) is 7.55. The number of alkyl halides is 3. The molecule has 1 aliphatic rings. The van der Waals surface area contributed by atoms with E-state index in [-0.39, 0.29) is 29.6 Å². The summed E-state index contributed by atoms with van der Waals surface area (Å²) in [4.78, 5) is 25.5. The molecule has 0 fully saturated rings. The molecule has 0 aliphatic heterocycles. The second kappa shape index (κ2) is 10.4. The summed E-state index contributed by atoms with van der Waals surface area (Å²) in [7, 11) is -4.11. The molecule has 1 aliphatic carbocycles. The van der Waals surface area contributed by atoms with Crippen molar-refractivity contribution < 1.29 is 26.4 Å². The maximum Gasteiger partial charge on any atom is 0.416 e. The number of nitrogens with zero attached hydrogens (tertiary/aromatic N) is 2. The quantitative estimate of drug-likeness (QED) is 0.408. The number of halogens is 3. The maximum absolute atomic E-state index is 12.9. The molecule has 2 aromatic heterocycles. The van der Waals surface area contributed by atoms with Crippen LogP contribution in [-0.4, -0.2) is 35.6 Å². The van der Waals surface area contributed by atoms with Gasteiger partial charge in [-0.2, -0.15) is 18.3 Å². The van der Waals surface area contributed by atoms with Crippen molar-refractivity contribution in [1.82, 2.24) is 20.1 Å². The van der Waals surface area contributed by atoms with Crippen LogP contribution < -0.4 is 15.6 Å². The van der Waals surface area contributed by atoms with Crippen molar-refractivity contribution in [2.75, 3.05) is 11.3 Å². The van der Waals surface area contributed by atoms with Crippen LogP contribution in [0.25, 0.3) is 0 Å². The fourth-order valence-electron chi connectivity index (χ4n) is 4.28. The average Bonchev–Trinajstić information content (AvgIpc) is 3.30. The van der Waals surface area contributed by atoms with Crippen molar-refractivity contribution in [3.8, 4) is 0 Å². The van der Waals surface area contributed by atoms with Gasteiger partial charge in [0.2, 0.25) is 15.9 Å². The van der Waals surface area contributed by atoms with Crippen molar-refractivity contribution in [1.29, 1.82) is 0 Å². The highest BCUT2D eigenvalue weighted by atomic mass is 32.2. The van der Waals surface area contributed by atoms with Gasteiger partial charge in [-0.15, -0.1) is 0 Å². The standard InChI is InChI=1S/C24H26F3N5O4S/c1-15-2-8-21(31-37(35,36)14-16-3-6-19(7-4-16)24(25,26)27)23(34)32(15)13-22(33)28-11-17-5-9-20-18(10-17)12-29-30-20/h2-4,6-8,12,17,31H,5,9-11,13-14H2,1H3,(H,28,33)(H,29,30). The summed E-state index contributed by atoms with van der Waals surface area (Å²) in [6.45, 7) is 1.77. The first-order valence-electron chi connectivity index (χ1n) is 11.6. The number of aromatic nitrogens is 3. The molecular formula is C24H26F3N5O4S. The Morgan fingerprint density at radius 1 is 1.19 bits per heavy atom. The van der Waals surface area contributed by atoms with Gasteiger partial charge in [-0.05, 0) is 67.5 Å². The molecule has 1 atom stereocenters. The zero-order chi connectivity index (χ0) is 26.8. The summed E-state index contributed by atoms with van der Waals surface area (Å²) in [6, 6.07) is 6.53. The molecule has 3 N–H and O–H groups in total. The number of benzene rings is 1. The lowest BCUT2D eigenvalue weighted by atomic mass is 9.88. The molecule has 0 spiro atoms. The fraction of sp³-hybridized carbons (Fsp3) is 0.375. The minimum Gasteiger partial charge on any atom is -0.354 e. The number of anilines is 1. The van der Waals surface area contributed by atoms with E-state index in [0.717, 1.165) is 54.8 Å². The van der Waals surface area contributed by atoms with Gasteiger partial charge in [-0.1, -0.05) is 12.1 Å². The normalized spacial score (nSPS) is 15.7. The first kappa shape index (κ1) is 26.5. The van der Waals surface area contributed by atoms with Crippen LogP contribution in [-0.2, 0) is 46.1 Å². The second-order valence-corrected chi connectivity index (χ2v) is 10.8. The number of nitrogens with one attached hydrogen (secondary N) is 3. The number of fused-ring (bicyclic) bond motifs is 1. The van der Waals surface area contributed by atoms with Gasteiger partial charge in [-0.3, -0.25) is 19.4 Å². The number of rotatable bonds is 8. The largest absolute Gasteiger partial charge is 0.416 e. The van der Waals surface area contributed by atoms with Crippen molar-refractivity contribution in [3.63, 3.8) is 0 Å². The van der Waals surface area contributed by atoms with E-state index in [0.29, 0.717) is 12.2 Å². The van der Waals surface area contributed by atoms with E-state index in [1.54, 1.807) is 13.1 Å². The van der Waals surface area contributed by atoms with Crippen molar-refractivity contribution in [2.24, 2.45) is 5.92 Å². The number of H-pyrrole nitrogens is 1. The maximum atomic E-state index is 12.9. The summed E-state index contributed by atoms with van der Waals surface area (Å²) in [6.07, 6.45) is -0.208. The molecule has 0 saturated carbocycles. The van der Waals surface area contributed by atoms with Crippen molar-refractivity contribution in [3.05, 3.63) is 81.0 Å². The third kappa shape index (κ3) is 6.59. The Morgan fingerprint density at radius 3 is 2.62 bits per heavy atom. The van der Waals surface area contributed by atoms with Gasteiger partial charge in [-0.25, -0.2) is 8.42 Å². The molecule has 0 bridgehead atoms. The Morgan fingerprint density at radius 2 is 1.92 bits per heavy atom. The molecule has 0 radical (unpaired) electrons. The van der Waals surface area contributed by atoms with Crippen LogP contribution in [0.1, 0.15) is 34.5 Å². The number of aryl methyl sites for hydroxylation is 2. The van der Waals surface area contributed by atoms with Gasteiger partial charge in [0.15, 0.2) is 0 Å². The highest BCUT2D eigenvalue weighted by Crippen LogP contribution is 2.29. The summed E-state index contributed by atoms with van der Waals surface area (Å²) in [5.74, 6) is -0.762. The molecule has 13 heteroatoms. The van der Waals surface area contributed by atoms with Gasteiger partial charge in [0.05, 0.1) is 17.5 Å². The smallest absolute Gasteiger partial charge is 0.354 e. The first-order chi connectivity index (χ1) is 17.4. The van der Waals surface area contributed by atoms with Crippen molar-refractivity contribution >= 4 is 21.6 Å². The minimum atomic E-state index is -4.53. The predicted octanol–water partition coefficient (Wildman–Crippen LogP) is 2.76. The Labute approximate surface area is 211 Å². The van der Waals surface area contributed by atoms with Crippen LogP contribution in [0.5, 0.6) is 0 Å². The van der Waals surface area contributed by atoms with Crippen LogP contribution in [0.15, 0.2) is 47.4 Å². The van der Waals surface area contributed by atoms with Crippen LogP contribution in [0.3, 0.4) is 0 Å². The lowest BCUT2D eigenvalue weighted by molar-refractivity contribution is -0.137. The molecule has 0 saturated heterocycles. The van der Waals surface area contributed by atoms with Crippen LogP contribution >= 0.6 is 0 Å². The van der Waals surface area contributed by atoms with E-state index in [4.69, 9.17) is 0 Å². The predicted molar refractivity (Wildman–Crippen MR) is 130 cm³/mol. The molecule has 37 heavy (non-hydrogen) atoms. The van der Waals surface area contributed by atoms with E-state index >= 15 is 0 Å². The zero-order valence-electron chi connectivity index (χ0n) is 19.9. The lowest BCUT2D eigenvalue weighted by Crippen LogP contribution is -2.37. The number of aromatic amines is 1. The van der Waals surface area contributed by atoms with E-state index < -0.39 is 33.1 Å². The number of amides is 1. The van der Waals surface area contributed by atoms with Gasteiger partial charge < -0.3 is 9.88 Å². The molecule has 1 aromatic carbocycles. The minimum absolute atomic E-state index is 0.123. The molecular weight excluding hydrogens is 511 g/mol. The zero-order valence-corrected chi connectivity index (χ0v) is 20.7. The van der Waals surface area contributed by atoms with Gasteiger partial charge in [0.25, 0.3) is 5.56 Å². The molecule has 9 nitrogen and oxygen atoms in total. The van der Waals surface area contributed by atoms with E-state index in [1.165, 1.54) is 16.7 Å². The van der Waals surface area contributed by atoms with E-state index in [2.05, 4.69) is 20.2 Å². The second-order valence-electron chi connectivity index (χ2n) is 9.12. The van der Waals surface area contributed by atoms with Gasteiger partial charge >= 0.3 is 6.18 Å². The molecule has 1 amide bonds. The average molecular weight is 538 g/mol. The number of carbonyl (C=O) groups excluding carboxylic acids is 1. The summed E-state index contributed by atoms with van der Waals surface area (Å²) in [5.41, 5.74) is 0.980. The topological polar surface area (TPSA) is 126 Å². The first-order valence-corrected chi connectivity index (χ1v) is 13.2. The number of hydrogen-bond donors (Lipinski definition) is 3. The summed E-state index contributed by atoms with van der Waals surface area (Å²) < 4.78 is 66.8. The van der Waals surface area contributed by atoms with E-state index in [9.17, 15) is 31.2 Å². The Kier molecular flexibility index (Phi) is 7.44. The molecule has 2 heterocycles. The van der Waals surface area contributed by atoms with Gasteiger partial charge in [0.1, 0.15) is 12.2 Å². The number of pyridine rings is 1. The Hall–Kier alpha value is -3.61. The Balaban J connectivity index is 1.39. The third-order valence-electron chi connectivity index (χ3n) is 6.30. The summed E-state index contributed by atoms with van der Waals surface area (Å²) in [5, 5.41) is 9.85. The molecule has 4 rings (SSSR count). The number of carbonyl (C=O) groups is 1. The fourth-order valence-corrected chi connectivity index (χ4v) is 5.48. The van der Waals surface area contributed by atoms with Crippen molar-refractivity contribution in [2.45, 2.75) is 44.7 Å². The Bertz CT molecular complexity index is 1450. The SMILES string of the molecule is Cc1ccc(NS(=O)(=O)Cc2ccc(C(F)(F)F)cc2)c(=O)n1CC(=O)NCC1CCc2[nH]ncc2C1. The van der Waals surface area contributed by atoms with Gasteiger partial charge in [0, 0.05) is 17.9 Å². The van der Waals surface area contributed by atoms with E-state index in [1.807, 2.05) is 0 Å². The van der Waals surface area contributed by atoms with Crippen LogP contribution in [0.4, 0.5) is 18.9 Å². The molecule has 198 valence electrons. The van der Waals surface area contributed by atoms with Crippen LogP contribution in [0.2, 0.25) is 0 Å². The molecule has 3 aromatic rings. The highest BCUT2D eigenvalue weighted by Gasteiger charge is 2.30. The highest BCUT2D eigenvalue weighted by molar-refractivity contribution is 7.91. The number of sulfonamides is 1. The summed E-state index contributed by atoms with van der Waals surface area (Å²) >= 11 is 0. The number of hydrogen-bond acceptors (Lipinski definition) is 5.